The molecule has 0 amide bonds. The highest BCUT2D eigenvalue weighted by atomic mass is 14.9. The Hall–Kier alpha value is -1.60. The standard InChI is InChI=1S/C20H25N/c1-4-11-21-20(18-12-14(2)9-10-15(18)3)19-13-16-7-5-6-8-17(16)19/h5-10,12,19-21H,4,11,13H2,1-3H3. The van der Waals surface area contributed by atoms with E-state index >= 15 is 0 Å². The van der Waals surface area contributed by atoms with Crippen molar-refractivity contribution in [2.24, 2.45) is 0 Å². The molecule has 0 spiro atoms. The Morgan fingerprint density at radius 1 is 1.14 bits per heavy atom. The van der Waals surface area contributed by atoms with Gasteiger partial charge in [0, 0.05) is 12.0 Å². The van der Waals surface area contributed by atoms with Crippen LogP contribution in [0.5, 0.6) is 0 Å². The van der Waals surface area contributed by atoms with Gasteiger partial charge in [0.05, 0.1) is 0 Å². The van der Waals surface area contributed by atoms with Gasteiger partial charge in [-0.1, -0.05) is 55.0 Å². The second-order valence-corrected chi connectivity index (χ2v) is 6.30. The van der Waals surface area contributed by atoms with Crippen molar-refractivity contribution >= 4 is 0 Å². The van der Waals surface area contributed by atoms with E-state index in [2.05, 4.69) is 68.6 Å². The Labute approximate surface area is 128 Å². The molecule has 0 aliphatic heterocycles. The van der Waals surface area contributed by atoms with Crippen LogP contribution in [0.1, 0.15) is 53.1 Å². The van der Waals surface area contributed by atoms with Crippen molar-refractivity contribution in [1.82, 2.24) is 5.32 Å². The highest BCUT2D eigenvalue weighted by Crippen LogP contribution is 2.44. The average molecular weight is 279 g/mol. The van der Waals surface area contributed by atoms with E-state index in [4.69, 9.17) is 0 Å². The summed E-state index contributed by atoms with van der Waals surface area (Å²) in [5.74, 6) is 0.619. The Kier molecular flexibility index (Phi) is 4.12. The van der Waals surface area contributed by atoms with E-state index in [9.17, 15) is 0 Å². The van der Waals surface area contributed by atoms with Crippen LogP contribution in [0.15, 0.2) is 42.5 Å². The van der Waals surface area contributed by atoms with E-state index in [1.54, 1.807) is 0 Å². The van der Waals surface area contributed by atoms with Gasteiger partial charge >= 0.3 is 0 Å². The van der Waals surface area contributed by atoms with Crippen molar-refractivity contribution in [3.8, 4) is 0 Å². The molecule has 2 unspecified atom stereocenters. The smallest absolute Gasteiger partial charge is 0.0395 e. The van der Waals surface area contributed by atoms with Crippen LogP contribution in [-0.2, 0) is 6.42 Å². The molecule has 0 fully saturated rings. The molecule has 0 radical (unpaired) electrons. The van der Waals surface area contributed by atoms with Gasteiger partial charge in [0.1, 0.15) is 0 Å². The zero-order valence-electron chi connectivity index (χ0n) is 13.3. The van der Waals surface area contributed by atoms with E-state index in [0.29, 0.717) is 12.0 Å². The summed E-state index contributed by atoms with van der Waals surface area (Å²) in [6.45, 7) is 7.74. The van der Waals surface area contributed by atoms with Crippen molar-refractivity contribution in [2.75, 3.05) is 6.54 Å². The molecule has 0 saturated heterocycles. The monoisotopic (exact) mass is 279 g/mol. The highest BCUT2D eigenvalue weighted by Gasteiger charge is 2.33. The number of aryl methyl sites for hydroxylation is 2. The molecule has 2 aromatic carbocycles. The minimum atomic E-state index is 0.444. The molecule has 110 valence electrons. The molecule has 2 aromatic rings. The maximum Gasteiger partial charge on any atom is 0.0395 e. The van der Waals surface area contributed by atoms with Gasteiger partial charge in [-0.2, -0.15) is 0 Å². The molecular weight excluding hydrogens is 254 g/mol. The summed E-state index contributed by atoms with van der Waals surface area (Å²) in [5, 5.41) is 3.80. The fraction of sp³-hybridized carbons (Fsp3) is 0.400. The first kappa shape index (κ1) is 14.3. The van der Waals surface area contributed by atoms with Gasteiger partial charge in [-0.25, -0.2) is 0 Å². The minimum absolute atomic E-state index is 0.444. The largest absolute Gasteiger partial charge is 0.309 e. The molecule has 0 saturated carbocycles. The Morgan fingerprint density at radius 3 is 2.71 bits per heavy atom. The Morgan fingerprint density at radius 2 is 1.95 bits per heavy atom. The normalized spacial score (nSPS) is 18.0. The molecule has 0 aromatic heterocycles. The number of fused-ring (bicyclic) bond motifs is 1. The Balaban J connectivity index is 1.94. The summed E-state index contributed by atoms with van der Waals surface area (Å²) in [4.78, 5) is 0. The first-order valence-electron chi connectivity index (χ1n) is 8.09. The number of nitrogens with one attached hydrogen (secondary N) is 1. The van der Waals surface area contributed by atoms with E-state index in [-0.39, 0.29) is 0 Å². The van der Waals surface area contributed by atoms with Crippen molar-refractivity contribution in [3.63, 3.8) is 0 Å². The second kappa shape index (κ2) is 6.03. The topological polar surface area (TPSA) is 12.0 Å². The van der Waals surface area contributed by atoms with Crippen LogP contribution >= 0.6 is 0 Å². The SMILES string of the molecule is CCCNC(c1cc(C)ccc1C)C1Cc2ccccc21. The average Bonchev–Trinajstić information content (AvgIpc) is 2.46. The number of benzene rings is 2. The van der Waals surface area contributed by atoms with Crippen LogP contribution in [0, 0.1) is 13.8 Å². The van der Waals surface area contributed by atoms with Gasteiger partial charge < -0.3 is 5.32 Å². The number of rotatable bonds is 5. The van der Waals surface area contributed by atoms with Crippen molar-refractivity contribution in [1.29, 1.82) is 0 Å². The molecule has 1 aliphatic rings. The summed E-state index contributed by atoms with van der Waals surface area (Å²) in [6.07, 6.45) is 2.38. The Bertz CT molecular complexity index is 629. The van der Waals surface area contributed by atoms with Gasteiger partial charge in [-0.05, 0) is 55.5 Å². The molecule has 1 aliphatic carbocycles. The lowest BCUT2D eigenvalue weighted by atomic mass is 9.71. The van der Waals surface area contributed by atoms with Crippen molar-refractivity contribution in [3.05, 3.63) is 70.3 Å². The molecule has 0 bridgehead atoms. The van der Waals surface area contributed by atoms with Crippen molar-refractivity contribution in [2.45, 2.75) is 45.6 Å². The van der Waals surface area contributed by atoms with Gasteiger partial charge in [-0.3, -0.25) is 0 Å². The van der Waals surface area contributed by atoms with E-state index in [1.807, 2.05) is 0 Å². The van der Waals surface area contributed by atoms with Gasteiger partial charge in [0.15, 0.2) is 0 Å². The molecule has 1 heteroatoms. The first-order valence-corrected chi connectivity index (χ1v) is 8.09. The van der Waals surface area contributed by atoms with Crippen LogP contribution in [0.3, 0.4) is 0 Å². The van der Waals surface area contributed by atoms with Crippen LogP contribution in [-0.4, -0.2) is 6.54 Å². The summed E-state index contributed by atoms with van der Waals surface area (Å²) in [7, 11) is 0. The number of hydrogen-bond donors (Lipinski definition) is 1. The molecule has 21 heavy (non-hydrogen) atoms. The fourth-order valence-electron chi connectivity index (χ4n) is 3.46. The first-order chi connectivity index (χ1) is 10.2. The zero-order valence-corrected chi connectivity index (χ0v) is 13.3. The van der Waals surface area contributed by atoms with Crippen LogP contribution in [0.2, 0.25) is 0 Å². The molecule has 0 heterocycles. The lowest BCUT2D eigenvalue weighted by Gasteiger charge is -2.38. The predicted octanol–water partition coefficient (Wildman–Crippen LogP) is 4.68. The van der Waals surface area contributed by atoms with Crippen LogP contribution in [0.25, 0.3) is 0 Å². The van der Waals surface area contributed by atoms with E-state index in [0.717, 1.165) is 6.54 Å². The third-order valence-electron chi connectivity index (χ3n) is 4.68. The maximum atomic E-state index is 3.80. The quantitative estimate of drug-likeness (QED) is 0.837. The van der Waals surface area contributed by atoms with E-state index in [1.165, 1.54) is 40.7 Å². The predicted molar refractivity (Wildman–Crippen MR) is 89.8 cm³/mol. The third kappa shape index (κ3) is 2.75. The second-order valence-electron chi connectivity index (χ2n) is 6.30. The van der Waals surface area contributed by atoms with Crippen LogP contribution < -0.4 is 5.32 Å². The van der Waals surface area contributed by atoms with Gasteiger partial charge in [-0.15, -0.1) is 0 Å². The summed E-state index contributed by atoms with van der Waals surface area (Å²) in [6, 6.07) is 16.2. The minimum Gasteiger partial charge on any atom is -0.309 e. The summed E-state index contributed by atoms with van der Waals surface area (Å²) >= 11 is 0. The zero-order chi connectivity index (χ0) is 14.8. The number of hydrogen-bond acceptors (Lipinski definition) is 1. The molecule has 2 atom stereocenters. The molecular formula is C20H25N. The fourth-order valence-corrected chi connectivity index (χ4v) is 3.46. The van der Waals surface area contributed by atoms with Gasteiger partial charge in [0.25, 0.3) is 0 Å². The molecule has 1 nitrogen and oxygen atoms in total. The van der Waals surface area contributed by atoms with E-state index < -0.39 is 0 Å². The van der Waals surface area contributed by atoms with Crippen molar-refractivity contribution < 1.29 is 0 Å². The maximum absolute atomic E-state index is 3.80. The lowest BCUT2D eigenvalue weighted by Crippen LogP contribution is -2.34. The molecule has 3 rings (SSSR count). The highest BCUT2D eigenvalue weighted by molar-refractivity contribution is 5.45. The molecule has 1 N–H and O–H groups in total. The summed E-state index contributed by atoms with van der Waals surface area (Å²) < 4.78 is 0. The van der Waals surface area contributed by atoms with Crippen LogP contribution in [0.4, 0.5) is 0 Å². The summed E-state index contributed by atoms with van der Waals surface area (Å²) in [5.41, 5.74) is 7.29. The lowest BCUT2D eigenvalue weighted by molar-refractivity contribution is 0.410. The van der Waals surface area contributed by atoms with Gasteiger partial charge in [0.2, 0.25) is 0 Å². The third-order valence-corrected chi connectivity index (χ3v) is 4.68.